The van der Waals surface area contributed by atoms with Gasteiger partial charge in [-0.05, 0) is 30.7 Å². The van der Waals surface area contributed by atoms with Gasteiger partial charge in [-0.25, -0.2) is 4.39 Å². The van der Waals surface area contributed by atoms with E-state index in [2.05, 4.69) is 10.6 Å². The maximum atomic E-state index is 14.1. The van der Waals surface area contributed by atoms with Crippen molar-refractivity contribution in [3.05, 3.63) is 63.4 Å². The fraction of sp³-hybridized carbons (Fsp3) is 0.200. The Morgan fingerprint density at radius 2 is 1.87 bits per heavy atom. The van der Waals surface area contributed by atoms with Crippen LogP contribution in [0, 0.1) is 18.2 Å². The Kier molecular flexibility index (Phi) is 7.67. The molecule has 0 bridgehead atoms. The summed E-state index contributed by atoms with van der Waals surface area (Å²) in [5.41, 5.74) is 11.9. The van der Waals surface area contributed by atoms with E-state index in [9.17, 15) is 18.8 Å². The monoisotopic (exact) mass is 449 g/mol. The molecule has 9 nitrogen and oxygen atoms in total. The number of hydrogen-bond donors (Lipinski definition) is 5. The molecule has 0 saturated heterocycles. The summed E-state index contributed by atoms with van der Waals surface area (Å²) in [4.78, 5) is 35.3. The van der Waals surface area contributed by atoms with Gasteiger partial charge in [0.2, 0.25) is 11.8 Å². The number of aryl methyl sites for hydroxylation is 1. The Balaban J connectivity index is 2.38. The molecule has 0 aliphatic carbocycles. The minimum atomic E-state index is -1.10. The zero-order chi connectivity index (χ0) is 23.3. The van der Waals surface area contributed by atoms with E-state index in [-0.39, 0.29) is 22.1 Å². The zero-order valence-electron chi connectivity index (χ0n) is 16.7. The van der Waals surface area contributed by atoms with Gasteiger partial charge in [-0.3, -0.25) is 19.8 Å². The molecular formula is C20H21ClFN5O4. The predicted octanol–water partition coefficient (Wildman–Crippen LogP) is 1.96. The molecule has 11 heteroatoms. The van der Waals surface area contributed by atoms with Gasteiger partial charge in [-0.2, -0.15) is 0 Å². The van der Waals surface area contributed by atoms with E-state index in [1.807, 2.05) is 0 Å². The molecule has 0 saturated carbocycles. The molecule has 0 aliphatic rings. The predicted molar refractivity (Wildman–Crippen MR) is 113 cm³/mol. The third-order valence-electron chi connectivity index (χ3n) is 4.12. The van der Waals surface area contributed by atoms with Crippen LogP contribution in [0.15, 0.2) is 30.3 Å². The molecule has 2 aromatic carbocycles. The quantitative estimate of drug-likeness (QED) is 0.236. The molecule has 2 aromatic rings. The maximum Gasteiger partial charge on any atom is 0.253 e. The summed E-state index contributed by atoms with van der Waals surface area (Å²) in [6.07, 6.45) is -1.10. The van der Waals surface area contributed by atoms with Crippen LogP contribution in [0.5, 0.6) is 0 Å². The lowest BCUT2D eigenvalue weighted by Crippen LogP contribution is -2.33. The number of amidine groups is 1. The molecule has 3 amide bonds. The summed E-state index contributed by atoms with van der Waals surface area (Å²) in [5, 5.41) is 12.0. The number of carbonyl (C=O) groups is 3. The summed E-state index contributed by atoms with van der Waals surface area (Å²) in [6.45, 7) is 2.40. The van der Waals surface area contributed by atoms with Gasteiger partial charge in [0.15, 0.2) is 12.0 Å². The lowest BCUT2D eigenvalue weighted by Gasteiger charge is -2.22. The van der Waals surface area contributed by atoms with E-state index in [0.717, 1.165) is 12.1 Å². The average molecular weight is 450 g/mol. The number of primary amides is 1. The first-order valence-electron chi connectivity index (χ1n) is 8.92. The van der Waals surface area contributed by atoms with Gasteiger partial charge in [-0.1, -0.05) is 23.7 Å². The number of nitrogens with one attached hydrogen (secondary N) is 3. The van der Waals surface area contributed by atoms with E-state index in [1.54, 1.807) is 25.1 Å². The van der Waals surface area contributed by atoms with Crippen LogP contribution < -0.4 is 22.1 Å². The van der Waals surface area contributed by atoms with Gasteiger partial charge in [0.1, 0.15) is 12.4 Å². The number of ether oxygens (including phenoxy) is 1. The van der Waals surface area contributed by atoms with Crippen molar-refractivity contribution in [1.82, 2.24) is 5.32 Å². The number of nitrogens with two attached hydrogens (primary N) is 2. The zero-order valence-corrected chi connectivity index (χ0v) is 17.5. The Bertz CT molecular complexity index is 1060. The minimum absolute atomic E-state index is 0.0548. The van der Waals surface area contributed by atoms with Gasteiger partial charge in [0.25, 0.3) is 5.91 Å². The van der Waals surface area contributed by atoms with E-state index < -0.39 is 36.4 Å². The highest BCUT2D eigenvalue weighted by atomic mass is 35.5. The number of anilines is 1. The van der Waals surface area contributed by atoms with Crippen molar-refractivity contribution < 1.29 is 23.5 Å². The fourth-order valence-electron chi connectivity index (χ4n) is 2.72. The molecular weight excluding hydrogens is 429 g/mol. The van der Waals surface area contributed by atoms with E-state index >= 15 is 0 Å². The summed E-state index contributed by atoms with van der Waals surface area (Å²) in [6, 6.07) is 6.97. The van der Waals surface area contributed by atoms with Gasteiger partial charge < -0.3 is 26.8 Å². The Hall–Kier alpha value is -3.50. The topological polar surface area (TPSA) is 160 Å². The van der Waals surface area contributed by atoms with Crippen LogP contribution in [0.25, 0.3) is 0 Å². The number of nitrogen functional groups attached to an aromatic ring is 1. The molecule has 2 rings (SSSR count). The minimum Gasteiger partial charge on any atom is -0.384 e. The molecule has 0 radical (unpaired) electrons. The molecule has 164 valence electrons. The molecule has 0 spiro atoms. The summed E-state index contributed by atoms with van der Waals surface area (Å²) in [7, 11) is 0. The van der Waals surface area contributed by atoms with Crippen LogP contribution in [0.1, 0.15) is 40.2 Å². The van der Waals surface area contributed by atoms with Crippen molar-refractivity contribution in [2.75, 3.05) is 11.9 Å². The first kappa shape index (κ1) is 23.8. The Labute approximate surface area is 182 Å². The summed E-state index contributed by atoms with van der Waals surface area (Å²) < 4.78 is 19.6. The highest BCUT2D eigenvalue weighted by Gasteiger charge is 2.21. The maximum absolute atomic E-state index is 14.1. The normalized spacial score (nSPS) is 11.5. The SMILES string of the molecule is CC(=O)Nc1cc(C(=O)NC(OCC(N)=O)c2ccc(C(=N)N)cc2C)cc(Cl)c1F. The van der Waals surface area contributed by atoms with E-state index in [4.69, 9.17) is 33.2 Å². The first-order valence-corrected chi connectivity index (χ1v) is 9.29. The third kappa shape index (κ3) is 6.24. The standard InChI is InChI=1S/C20H21ClFN5O4/c1-9-5-11(18(24)25)3-4-13(9)20(31-8-16(23)29)27-19(30)12-6-14(21)17(22)15(7-12)26-10(2)28/h3-7,20H,8H2,1-2H3,(H2,23,29)(H3,24,25)(H,26,28)(H,27,30). The van der Waals surface area contributed by atoms with Crippen molar-refractivity contribution in [1.29, 1.82) is 5.41 Å². The van der Waals surface area contributed by atoms with Crippen molar-refractivity contribution in [2.45, 2.75) is 20.1 Å². The second-order valence-corrected chi connectivity index (χ2v) is 7.02. The Morgan fingerprint density at radius 1 is 1.19 bits per heavy atom. The van der Waals surface area contributed by atoms with Crippen molar-refractivity contribution in [3.8, 4) is 0 Å². The Morgan fingerprint density at radius 3 is 2.42 bits per heavy atom. The van der Waals surface area contributed by atoms with Crippen molar-refractivity contribution in [3.63, 3.8) is 0 Å². The van der Waals surface area contributed by atoms with Crippen LogP contribution in [-0.4, -0.2) is 30.2 Å². The van der Waals surface area contributed by atoms with Crippen LogP contribution in [0.2, 0.25) is 5.02 Å². The summed E-state index contributed by atoms with van der Waals surface area (Å²) in [5.74, 6) is -3.03. The summed E-state index contributed by atoms with van der Waals surface area (Å²) >= 11 is 5.84. The van der Waals surface area contributed by atoms with Gasteiger partial charge in [0, 0.05) is 23.6 Å². The van der Waals surface area contributed by atoms with Crippen LogP contribution in [-0.2, 0) is 14.3 Å². The van der Waals surface area contributed by atoms with Crippen molar-refractivity contribution in [2.24, 2.45) is 11.5 Å². The number of amides is 3. The highest BCUT2D eigenvalue weighted by Crippen LogP contribution is 2.26. The van der Waals surface area contributed by atoms with Gasteiger partial charge >= 0.3 is 0 Å². The van der Waals surface area contributed by atoms with Crippen LogP contribution in [0.4, 0.5) is 10.1 Å². The van der Waals surface area contributed by atoms with E-state index in [1.165, 1.54) is 6.92 Å². The smallest absolute Gasteiger partial charge is 0.253 e. The molecule has 31 heavy (non-hydrogen) atoms. The van der Waals surface area contributed by atoms with Crippen molar-refractivity contribution >= 4 is 40.8 Å². The van der Waals surface area contributed by atoms with Crippen LogP contribution >= 0.6 is 11.6 Å². The number of rotatable bonds is 8. The van der Waals surface area contributed by atoms with E-state index in [0.29, 0.717) is 16.7 Å². The number of halogens is 2. The molecule has 0 fully saturated rings. The number of carbonyl (C=O) groups excluding carboxylic acids is 3. The second kappa shape index (κ2) is 10.0. The molecule has 0 aromatic heterocycles. The average Bonchev–Trinajstić information content (AvgIpc) is 2.67. The first-order chi connectivity index (χ1) is 14.5. The van der Waals surface area contributed by atoms with Crippen LogP contribution in [0.3, 0.4) is 0 Å². The molecule has 1 unspecified atom stereocenters. The number of hydrogen-bond acceptors (Lipinski definition) is 5. The fourth-order valence-corrected chi connectivity index (χ4v) is 2.93. The molecule has 0 heterocycles. The lowest BCUT2D eigenvalue weighted by molar-refractivity contribution is -0.125. The largest absolute Gasteiger partial charge is 0.384 e. The molecule has 7 N–H and O–H groups in total. The van der Waals surface area contributed by atoms with Gasteiger partial charge in [0.05, 0.1) is 10.7 Å². The van der Waals surface area contributed by atoms with Gasteiger partial charge in [-0.15, -0.1) is 0 Å². The lowest BCUT2D eigenvalue weighted by atomic mass is 10.0. The highest BCUT2D eigenvalue weighted by molar-refractivity contribution is 6.31. The second-order valence-electron chi connectivity index (χ2n) is 6.62. The molecule has 0 aliphatic heterocycles. The third-order valence-corrected chi connectivity index (χ3v) is 4.39. The number of benzene rings is 2. The molecule has 1 atom stereocenters.